The molecule has 0 N–H and O–H groups in total. The van der Waals surface area contributed by atoms with Gasteiger partial charge in [-0.2, -0.15) is 0 Å². The minimum absolute atomic E-state index is 0.650. The van der Waals surface area contributed by atoms with Gasteiger partial charge >= 0.3 is 0 Å². The molecule has 0 nitrogen and oxygen atoms in total. The van der Waals surface area contributed by atoms with Crippen LogP contribution in [0.3, 0.4) is 0 Å². The van der Waals surface area contributed by atoms with Crippen LogP contribution in [-0.2, 0) is 6.42 Å². The molecule has 0 bridgehead atoms. The molecule has 0 fully saturated rings. The summed E-state index contributed by atoms with van der Waals surface area (Å²) in [5.41, 5.74) is 3.00. The third-order valence-corrected chi connectivity index (χ3v) is 2.78. The molecule has 0 saturated carbocycles. The van der Waals surface area contributed by atoms with Crippen LogP contribution in [0.15, 0.2) is 18.2 Å². The van der Waals surface area contributed by atoms with Crippen LogP contribution >= 0.6 is 22.6 Å². The molecule has 0 atom stereocenters. The van der Waals surface area contributed by atoms with Gasteiger partial charge in [0.1, 0.15) is 0 Å². The van der Waals surface area contributed by atoms with Crippen LogP contribution in [0.1, 0.15) is 37.8 Å². The molecule has 0 heterocycles. The molecule has 1 aromatic carbocycles. The second-order valence-electron chi connectivity index (χ2n) is 3.35. The normalized spacial score (nSPS) is 10.8. The van der Waals surface area contributed by atoms with E-state index < -0.39 is 0 Å². The summed E-state index contributed by atoms with van der Waals surface area (Å²) in [4.78, 5) is 0. The first-order valence-electron chi connectivity index (χ1n) is 4.43. The molecule has 0 aliphatic rings. The number of rotatable bonds is 2. The maximum Gasteiger partial charge on any atom is 0.0133 e. The number of hydrogen-bond donors (Lipinski definition) is 0. The van der Waals surface area contributed by atoms with Crippen molar-refractivity contribution in [3.63, 3.8) is 0 Å². The van der Waals surface area contributed by atoms with E-state index in [2.05, 4.69) is 61.6 Å². The summed E-state index contributed by atoms with van der Waals surface area (Å²) >= 11 is 2.37. The van der Waals surface area contributed by atoms with E-state index in [0.717, 1.165) is 6.42 Å². The van der Waals surface area contributed by atoms with Gasteiger partial charge in [-0.25, -0.2) is 0 Å². The van der Waals surface area contributed by atoms with Gasteiger partial charge in [0.2, 0.25) is 0 Å². The highest BCUT2D eigenvalue weighted by Gasteiger charge is 2.04. The second kappa shape index (κ2) is 4.26. The minimum atomic E-state index is 0.650. The molecular formula is C11H15I. The zero-order valence-corrected chi connectivity index (χ0v) is 10.1. The summed E-state index contributed by atoms with van der Waals surface area (Å²) < 4.78 is 1.34. The van der Waals surface area contributed by atoms with Crippen molar-refractivity contribution in [3.05, 3.63) is 32.9 Å². The van der Waals surface area contributed by atoms with Crippen molar-refractivity contribution in [2.75, 3.05) is 0 Å². The lowest BCUT2D eigenvalue weighted by atomic mass is 9.96. The second-order valence-corrected chi connectivity index (χ2v) is 4.60. The molecular weight excluding hydrogens is 259 g/mol. The Hall–Kier alpha value is -0.0500. The first-order chi connectivity index (χ1) is 5.65. The Labute approximate surface area is 88.5 Å². The Kier molecular flexibility index (Phi) is 3.56. The van der Waals surface area contributed by atoms with Crippen LogP contribution in [-0.4, -0.2) is 0 Å². The minimum Gasteiger partial charge on any atom is -0.0613 e. The highest BCUT2D eigenvalue weighted by Crippen LogP contribution is 2.21. The van der Waals surface area contributed by atoms with Gasteiger partial charge in [-0.15, -0.1) is 0 Å². The van der Waals surface area contributed by atoms with E-state index in [0.29, 0.717) is 5.92 Å². The van der Waals surface area contributed by atoms with E-state index in [9.17, 15) is 0 Å². The predicted molar refractivity (Wildman–Crippen MR) is 62.6 cm³/mol. The molecule has 1 aromatic rings. The van der Waals surface area contributed by atoms with Crippen molar-refractivity contribution in [2.45, 2.75) is 33.1 Å². The number of halogens is 1. The Bertz CT molecular complexity index is 264. The zero-order valence-electron chi connectivity index (χ0n) is 7.89. The molecule has 0 spiro atoms. The van der Waals surface area contributed by atoms with E-state index in [4.69, 9.17) is 0 Å². The average molecular weight is 274 g/mol. The Balaban J connectivity index is 3.11. The Morgan fingerprint density at radius 3 is 2.50 bits per heavy atom. The lowest BCUT2D eigenvalue weighted by Crippen LogP contribution is -1.95. The maximum atomic E-state index is 2.37. The molecule has 1 rings (SSSR count). The van der Waals surface area contributed by atoms with Gasteiger partial charge < -0.3 is 0 Å². The topological polar surface area (TPSA) is 0 Å². The van der Waals surface area contributed by atoms with Crippen LogP contribution < -0.4 is 0 Å². The molecule has 66 valence electrons. The summed E-state index contributed by atoms with van der Waals surface area (Å²) in [6.07, 6.45) is 1.14. The van der Waals surface area contributed by atoms with Crippen molar-refractivity contribution in [1.29, 1.82) is 0 Å². The van der Waals surface area contributed by atoms with Crippen LogP contribution in [0.5, 0.6) is 0 Å². The van der Waals surface area contributed by atoms with E-state index in [1.54, 1.807) is 0 Å². The third-order valence-electron chi connectivity index (χ3n) is 2.11. The van der Waals surface area contributed by atoms with Crippen molar-refractivity contribution in [1.82, 2.24) is 0 Å². The molecule has 1 heteroatoms. The van der Waals surface area contributed by atoms with Crippen LogP contribution in [0, 0.1) is 3.57 Å². The molecule has 0 saturated heterocycles. The summed E-state index contributed by atoms with van der Waals surface area (Å²) in [5.74, 6) is 0.650. The molecule has 0 unspecified atom stereocenters. The van der Waals surface area contributed by atoms with Crippen molar-refractivity contribution < 1.29 is 0 Å². The number of aryl methyl sites for hydroxylation is 1. The number of benzene rings is 1. The van der Waals surface area contributed by atoms with Gasteiger partial charge in [0.05, 0.1) is 0 Å². The SMILES string of the molecule is CCc1cc(I)ccc1C(C)C. The Morgan fingerprint density at radius 1 is 1.33 bits per heavy atom. The molecule has 0 aromatic heterocycles. The lowest BCUT2D eigenvalue weighted by molar-refractivity contribution is 0.843. The lowest BCUT2D eigenvalue weighted by Gasteiger charge is -2.11. The fraction of sp³-hybridized carbons (Fsp3) is 0.455. The van der Waals surface area contributed by atoms with Gasteiger partial charge in [-0.05, 0) is 58.2 Å². The van der Waals surface area contributed by atoms with Crippen LogP contribution in [0.4, 0.5) is 0 Å². The van der Waals surface area contributed by atoms with Gasteiger partial charge in [0.15, 0.2) is 0 Å². The highest BCUT2D eigenvalue weighted by molar-refractivity contribution is 14.1. The molecule has 0 aliphatic heterocycles. The average Bonchev–Trinajstić information content (AvgIpc) is 2.03. The van der Waals surface area contributed by atoms with E-state index >= 15 is 0 Å². The standard InChI is InChI=1S/C11H15I/c1-4-9-7-10(12)5-6-11(9)8(2)3/h5-8H,4H2,1-3H3. The summed E-state index contributed by atoms with van der Waals surface area (Å²) in [5, 5.41) is 0. The van der Waals surface area contributed by atoms with Crippen LogP contribution in [0.2, 0.25) is 0 Å². The van der Waals surface area contributed by atoms with Gasteiger partial charge in [-0.3, -0.25) is 0 Å². The molecule has 12 heavy (non-hydrogen) atoms. The van der Waals surface area contributed by atoms with Crippen molar-refractivity contribution in [2.24, 2.45) is 0 Å². The van der Waals surface area contributed by atoms with Crippen LogP contribution in [0.25, 0.3) is 0 Å². The van der Waals surface area contributed by atoms with E-state index in [1.807, 2.05) is 0 Å². The fourth-order valence-electron chi connectivity index (χ4n) is 1.44. The highest BCUT2D eigenvalue weighted by atomic mass is 127. The summed E-state index contributed by atoms with van der Waals surface area (Å²) in [6.45, 7) is 6.72. The zero-order chi connectivity index (χ0) is 9.14. The smallest absolute Gasteiger partial charge is 0.0133 e. The molecule has 0 aliphatic carbocycles. The van der Waals surface area contributed by atoms with Crippen molar-refractivity contribution >= 4 is 22.6 Å². The third kappa shape index (κ3) is 2.22. The first-order valence-corrected chi connectivity index (χ1v) is 5.51. The quantitative estimate of drug-likeness (QED) is 0.716. The predicted octanol–water partition coefficient (Wildman–Crippen LogP) is 3.98. The van der Waals surface area contributed by atoms with Gasteiger partial charge in [0.25, 0.3) is 0 Å². The Morgan fingerprint density at radius 2 is 2.00 bits per heavy atom. The fourth-order valence-corrected chi connectivity index (χ4v) is 2.00. The van der Waals surface area contributed by atoms with Gasteiger partial charge in [0, 0.05) is 3.57 Å². The first kappa shape index (κ1) is 10.0. The van der Waals surface area contributed by atoms with Crippen molar-refractivity contribution in [3.8, 4) is 0 Å². The van der Waals surface area contributed by atoms with Gasteiger partial charge in [-0.1, -0.05) is 26.8 Å². The largest absolute Gasteiger partial charge is 0.0613 e. The maximum absolute atomic E-state index is 2.37. The molecule has 0 radical (unpaired) electrons. The monoisotopic (exact) mass is 274 g/mol. The molecule has 0 amide bonds. The summed E-state index contributed by atoms with van der Waals surface area (Å²) in [7, 11) is 0. The summed E-state index contributed by atoms with van der Waals surface area (Å²) in [6, 6.07) is 6.73. The number of hydrogen-bond acceptors (Lipinski definition) is 0. The van der Waals surface area contributed by atoms with E-state index in [-0.39, 0.29) is 0 Å². The van der Waals surface area contributed by atoms with E-state index in [1.165, 1.54) is 14.7 Å².